The molecule has 3 aromatic rings. The molecule has 2 aromatic carbocycles. The van der Waals surface area contributed by atoms with Gasteiger partial charge in [-0.15, -0.1) is 11.3 Å². The van der Waals surface area contributed by atoms with Crippen LogP contribution in [0.5, 0.6) is 11.5 Å². The molecule has 0 atom stereocenters. The smallest absolute Gasteiger partial charge is 0.315 e. The number of aromatic hydroxyl groups is 1. The van der Waals surface area contributed by atoms with E-state index >= 15 is 0 Å². The summed E-state index contributed by atoms with van der Waals surface area (Å²) in [4.78, 5) is 24.5. The second kappa shape index (κ2) is 7.63. The number of benzene rings is 2. The van der Waals surface area contributed by atoms with Crippen LogP contribution < -0.4 is 10.1 Å². The van der Waals surface area contributed by atoms with Crippen LogP contribution in [0.2, 0.25) is 0 Å². The number of esters is 1. The Labute approximate surface area is 148 Å². The number of anilines is 1. The van der Waals surface area contributed by atoms with Gasteiger partial charge in [0.15, 0.2) is 0 Å². The van der Waals surface area contributed by atoms with Gasteiger partial charge in [0.05, 0.1) is 11.3 Å². The van der Waals surface area contributed by atoms with Crippen molar-refractivity contribution >= 4 is 28.9 Å². The summed E-state index contributed by atoms with van der Waals surface area (Å²) in [5, 5.41) is 13.8. The predicted octanol–water partition coefficient (Wildman–Crippen LogP) is 3.85. The van der Waals surface area contributed by atoms with E-state index in [2.05, 4.69) is 5.32 Å². The van der Waals surface area contributed by atoms with Gasteiger partial charge < -0.3 is 15.2 Å². The molecule has 126 valence electrons. The van der Waals surface area contributed by atoms with E-state index in [0.29, 0.717) is 16.3 Å². The fraction of sp³-hybridized carbons (Fsp3) is 0.0526. The highest BCUT2D eigenvalue weighted by atomic mass is 32.1. The average Bonchev–Trinajstić information content (AvgIpc) is 3.13. The van der Waals surface area contributed by atoms with Crippen LogP contribution in [0.3, 0.4) is 0 Å². The summed E-state index contributed by atoms with van der Waals surface area (Å²) >= 11 is 1.37. The molecule has 0 saturated carbocycles. The largest absolute Gasteiger partial charge is 0.508 e. The molecule has 3 rings (SSSR count). The van der Waals surface area contributed by atoms with Crippen molar-refractivity contribution in [2.75, 3.05) is 5.32 Å². The molecule has 0 aliphatic rings. The summed E-state index contributed by atoms with van der Waals surface area (Å²) in [5.41, 5.74) is 1.37. The second-order valence-electron chi connectivity index (χ2n) is 5.27. The van der Waals surface area contributed by atoms with Gasteiger partial charge in [-0.2, -0.15) is 0 Å². The number of phenolic OH excluding ortho intramolecular Hbond substituents is 1. The highest BCUT2D eigenvalue weighted by Gasteiger charge is 2.09. The van der Waals surface area contributed by atoms with Crippen molar-refractivity contribution in [3.8, 4) is 11.5 Å². The van der Waals surface area contributed by atoms with Gasteiger partial charge >= 0.3 is 5.97 Å². The molecule has 0 aliphatic carbocycles. The SMILES string of the molecule is O=C(Cc1ccc(O)cc1)Oc1ccc(NC(=O)c2cccs2)cc1. The third-order valence-corrected chi connectivity index (χ3v) is 4.24. The molecule has 0 spiro atoms. The number of carbonyl (C=O) groups is 2. The van der Waals surface area contributed by atoms with E-state index in [0.717, 1.165) is 5.56 Å². The van der Waals surface area contributed by atoms with Crippen LogP contribution in [0.25, 0.3) is 0 Å². The molecular formula is C19H15NO4S. The van der Waals surface area contributed by atoms with Crippen LogP contribution in [0, 0.1) is 0 Å². The second-order valence-corrected chi connectivity index (χ2v) is 6.22. The van der Waals surface area contributed by atoms with Gasteiger partial charge in [0.25, 0.3) is 5.91 Å². The Hall–Kier alpha value is -3.12. The molecule has 0 radical (unpaired) electrons. The third-order valence-electron chi connectivity index (χ3n) is 3.37. The van der Waals surface area contributed by atoms with Crippen molar-refractivity contribution in [2.45, 2.75) is 6.42 Å². The highest BCUT2D eigenvalue weighted by Crippen LogP contribution is 2.18. The number of rotatable bonds is 5. The zero-order valence-corrected chi connectivity index (χ0v) is 14.0. The van der Waals surface area contributed by atoms with Crippen molar-refractivity contribution in [2.24, 2.45) is 0 Å². The van der Waals surface area contributed by atoms with Crippen LogP contribution >= 0.6 is 11.3 Å². The molecule has 6 heteroatoms. The van der Waals surface area contributed by atoms with Gasteiger partial charge in [-0.25, -0.2) is 0 Å². The molecule has 0 fully saturated rings. The van der Waals surface area contributed by atoms with Crippen molar-refractivity contribution in [1.82, 2.24) is 0 Å². The molecule has 2 N–H and O–H groups in total. The van der Waals surface area contributed by atoms with E-state index in [1.165, 1.54) is 23.5 Å². The lowest BCUT2D eigenvalue weighted by molar-refractivity contribution is -0.133. The molecule has 0 bridgehead atoms. The lowest BCUT2D eigenvalue weighted by atomic mass is 10.1. The van der Waals surface area contributed by atoms with Gasteiger partial charge in [0.2, 0.25) is 0 Å². The minimum atomic E-state index is -0.402. The minimum absolute atomic E-state index is 0.108. The number of thiophene rings is 1. The Morgan fingerprint density at radius 1 is 1.00 bits per heavy atom. The molecular weight excluding hydrogens is 338 g/mol. The Kier molecular flexibility index (Phi) is 5.11. The van der Waals surface area contributed by atoms with E-state index < -0.39 is 5.97 Å². The lowest BCUT2D eigenvalue weighted by Crippen LogP contribution is -2.12. The molecule has 1 amide bonds. The lowest BCUT2D eigenvalue weighted by Gasteiger charge is -2.07. The first-order valence-electron chi connectivity index (χ1n) is 7.54. The average molecular weight is 353 g/mol. The van der Waals surface area contributed by atoms with Gasteiger partial charge in [-0.1, -0.05) is 18.2 Å². The number of hydrogen-bond donors (Lipinski definition) is 2. The van der Waals surface area contributed by atoms with Gasteiger partial charge in [-0.05, 0) is 53.4 Å². The van der Waals surface area contributed by atoms with Crippen molar-refractivity contribution in [3.05, 3.63) is 76.5 Å². The first kappa shape index (κ1) is 16.7. The van der Waals surface area contributed by atoms with E-state index in [9.17, 15) is 14.7 Å². The Balaban J connectivity index is 1.56. The monoisotopic (exact) mass is 353 g/mol. The van der Waals surface area contributed by atoms with E-state index in [-0.39, 0.29) is 18.1 Å². The van der Waals surface area contributed by atoms with Crippen molar-refractivity contribution < 1.29 is 19.4 Å². The van der Waals surface area contributed by atoms with Gasteiger partial charge in [0, 0.05) is 5.69 Å². The zero-order chi connectivity index (χ0) is 17.6. The molecule has 25 heavy (non-hydrogen) atoms. The summed E-state index contributed by atoms with van der Waals surface area (Å²) < 4.78 is 5.27. The summed E-state index contributed by atoms with van der Waals surface area (Å²) in [7, 11) is 0. The standard InChI is InChI=1S/C19H15NO4S/c21-15-7-3-13(4-8-15)12-18(22)24-16-9-5-14(6-10-16)20-19(23)17-2-1-11-25-17/h1-11,21H,12H2,(H,20,23). The third kappa shape index (κ3) is 4.68. The number of nitrogens with one attached hydrogen (secondary N) is 1. The molecule has 1 heterocycles. The summed E-state index contributed by atoms with van der Waals surface area (Å²) in [5.74, 6) is -0.0247. The minimum Gasteiger partial charge on any atom is -0.508 e. The first-order chi connectivity index (χ1) is 12.1. The number of hydrogen-bond acceptors (Lipinski definition) is 5. The van der Waals surface area contributed by atoms with Gasteiger partial charge in [0.1, 0.15) is 11.5 Å². The fourth-order valence-electron chi connectivity index (χ4n) is 2.15. The normalized spacial score (nSPS) is 10.2. The van der Waals surface area contributed by atoms with Crippen LogP contribution in [-0.4, -0.2) is 17.0 Å². The van der Waals surface area contributed by atoms with Crippen LogP contribution in [0.4, 0.5) is 5.69 Å². The van der Waals surface area contributed by atoms with Gasteiger partial charge in [-0.3, -0.25) is 9.59 Å². The Bertz CT molecular complexity index is 855. The summed E-state index contributed by atoms with van der Waals surface area (Å²) in [6.45, 7) is 0. The maximum absolute atomic E-state index is 12.0. The predicted molar refractivity (Wildman–Crippen MR) is 96.2 cm³/mol. The summed E-state index contributed by atoms with van der Waals surface area (Å²) in [6.07, 6.45) is 0.108. The highest BCUT2D eigenvalue weighted by molar-refractivity contribution is 7.12. The molecule has 0 unspecified atom stereocenters. The number of ether oxygens (including phenoxy) is 1. The topological polar surface area (TPSA) is 75.6 Å². The maximum Gasteiger partial charge on any atom is 0.315 e. The Morgan fingerprint density at radius 3 is 2.36 bits per heavy atom. The summed E-state index contributed by atoms with van der Waals surface area (Å²) in [6, 6.07) is 16.5. The Morgan fingerprint density at radius 2 is 1.72 bits per heavy atom. The number of phenols is 1. The number of carbonyl (C=O) groups excluding carboxylic acids is 2. The first-order valence-corrected chi connectivity index (χ1v) is 8.41. The molecule has 1 aromatic heterocycles. The van der Waals surface area contributed by atoms with E-state index in [1.54, 1.807) is 42.5 Å². The van der Waals surface area contributed by atoms with Crippen molar-refractivity contribution in [1.29, 1.82) is 0 Å². The quantitative estimate of drug-likeness (QED) is 0.539. The molecule has 0 saturated heterocycles. The van der Waals surface area contributed by atoms with Crippen LogP contribution in [0.1, 0.15) is 15.2 Å². The van der Waals surface area contributed by atoms with E-state index in [4.69, 9.17) is 4.74 Å². The number of amides is 1. The van der Waals surface area contributed by atoms with Crippen LogP contribution in [-0.2, 0) is 11.2 Å². The van der Waals surface area contributed by atoms with Crippen molar-refractivity contribution in [3.63, 3.8) is 0 Å². The maximum atomic E-state index is 12.0. The molecule has 5 nitrogen and oxygen atoms in total. The zero-order valence-electron chi connectivity index (χ0n) is 13.1. The van der Waals surface area contributed by atoms with E-state index in [1.807, 2.05) is 11.4 Å². The molecule has 0 aliphatic heterocycles. The van der Waals surface area contributed by atoms with Crippen LogP contribution in [0.15, 0.2) is 66.0 Å². The fourth-order valence-corrected chi connectivity index (χ4v) is 2.77.